The molecule has 1 heteroatoms. The van der Waals surface area contributed by atoms with Gasteiger partial charge in [0.1, 0.15) is 0 Å². The molecule has 1 aliphatic heterocycles. The van der Waals surface area contributed by atoms with Crippen molar-refractivity contribution in [3.63, 3.8) is 0 Å². The summed E-state index contributed by atoms with van der Waals surface area (Å²) < 4.78 is 0. The molecule has 0 saturated carbocycles. The van der Waals surface area contributed by atoms with Crippen molar-refractivity contribution in [2.75, 3.05) is 13.1 Å². The van der Waals surface area contributed by atoms with Gasteiger partial charge in [-0.1, -0.05) is 13.0 Å². The zero-order chi connectivity index (χ0) is 6.69. The summed E-state index contributed by atoms with van der Waals surface area (Å²) in [4.78, 5) is 0. The third-order valence-electron chi connectivity index (χ3n) is 2.15. The van der Waals surface area contributed by atoms with Gasteiger partial charge in [0.05, 0.1) is 0 Å². The Kier molecular flexibility index (Phi) is 2.29. The normalized spacial score (nSPS) is 36.1. The number of piperidine rings is 1. The molecular formula is C8H15N. The van der Waals surface area contributed by atoms with Gasteiger partial charge in [-0.15, -0.1) is 6.58 Å². The lowest BCUT2D eigenvalue weighted by Crippen LogP contribution is -2.33. The van der Waals surface area contributed by atoms with Gasteiger partial charge in [-0.25, -0.2) is 0 Å². The van der Waals surface area contributed by atoms with Gasteiger partial charge < -0.3 is 5.32 Å². The van der Waals surface area contributed by atoms with Crippen LogP contribution in [-0.4, -0.2) is 13.1 Å². The van der Waals surface area contributed by atoms with Crippen LogP contribution in [-0.2, 0) is 0 Å². The van der Waals surface area contributed by atoms with Crippen LogP contribution >= 0.6 is 0 Å². The second-order valence-electron chi connectivity index (χ2n) is 2.87. The zero-order valence-corrected chi connectivity index (χ0v) is 6.06. The van der Waals surface area contributed by atoms with Gasteiger partial charge in [0.25, 0.3) is 0 Å². The molecule has 1 heterocycles. The van der Waals surface area contributed by atoms with E-state index in [0.29, 0.717) is 0 Å². The molecule has 0 bridgehead atoms. The summed E-state index contributed by atoms with van der Waals surface area (Å²) in [5.74, 6) is 1.54. The molecule has 0 aromatic heterocycles. The Hall–Kier alpha value is -0.300. The van der Waals surface area contributed by atoms with Crippen LogP contribution in [0.15, 0.2) is 12.7 Å². The number of hydrogen-bond donors (Lipinski definition) is 1. The summed E-state index contributed by atoms with van der Waals surface area (Å²) in [5.41, 5.74) is 0. The van der Waals surface area contributed by atoms with Crippen molar-refractivity contribution in [3.05, 3.63) is 12.7 Å². The highest BCUT2D eigenvalue weighted by Gasteiger charge is 2.16. The smallest absolute Gasteiger partial charge is 0.00175 e. The van der Waals surface area contributed by atoms with Crippen LogP contribution in [0.4, 0.5) is 0 Å². The molecule has 0 radical (unpaired) electrons. The third-order valence-corrected chi connectivity index (χ3v) is 2.15. The minimum absolute atomic E-state index is 0.756. The fourth-order valence-electron chi connectivity index (χ4n) is 1.38. The highest BCUT2D eigenvalue weighted by Crippen LogP contribution is 2.18. The fraction of sp³-hybridized carbons (Fsp3) is 0.750. The lowest BCUT2D eigenvalue weighted by molar-refractivity contribution is 0.326. The maximum Gasteiger partial charge on any atom is -0.00175 e. The van der Waals surface area contributed by atoms with Crippen LogP contribution in [0.25, 0.3) is 0 Å². The molecule has 1 rings (SSSR count). The molecule has 0 aromatic rings. The van der Waals surface area contributed by atoms with Crippen LogP contribution < -0.4 is 5.32 Å². The molecular weight excluding hydrogens is 110 g/mol. The minimum atomic E-state index is 0.756. The number of rotatable bonds is 1. The molecule has 2 atom stereocenters. The Morgan fingerprint density at radius 2 is 2.44 bits per heavy atom. The average Bonchev–Trinajstić information content (AvgIpc) is 1.89. The standard InChI is InChI=1S/C8H15N/c1-3-8-4-5-9-6-7(8)2/h3,7-9H,1,4-6H2,2H3/t7-,8-/m1/s1. The van der Waals surface area contributed by atoms with E-state index in [9.17, 15) is 0 Å². The molecule has 1 saturated heterocycles. The molecule has 1 N–H and O–H groups in total. The van der Waals surface area contributed by atoms with Crippen molar-refractivity contribution < 1.29 is 0 Å². The Morgan fingerprint density at radius 3 is 2.89 bits per heavy atom. The molecule has 1 nitrogen and oxygen atoms in total. The highest BCUT2D eigenvalue weighted by atomic mass is 14.9. The van der Waals surface area contributed by atoms with Crippen molar-refractivity contribution in [2.45, 2.75) is 13.3 Å². The van der Waals surface area contributed by atoms with Crippen LogP contribution in [0.2, 0.25) is 0 Å². The number of nitrogens with one attached hydrogen (secondary N) is 1. The van der Waals surface area contributed by atoms with Gasteiger partial charge in [0, 0.05) is 0 Å². The minimum Gasteiger partial charge on any atom is -0.316 e. The zero-order valence-electron chi connectivity index (χ0n) is 6.06. The topological polar surface area (TPSA) is 12.0 Å². The summed E-state index contributed by atoms with van der Waals surface area (Å²) >= 11 is 0. The average molecular weight is 125 g/mol. The molecule has 1 fully saturated rings. The van der Waals surface area contributed by atoms with Gasteiger partial charge in [-0.2, -0.15) is 0 Å². The maximum atomic E-state index is 3.81. The Bertz CT molecular complexity index is 98.7. The quantitative estimate of drug-likeness (QED) is 0.523. The third kappa shape index (κ3) is 1.55. The summed E-state index contributed by atoms with van der Waals surface area (Å²) in [7, 11) is 0. The second-order valence-corrected chi connectivity index (χ2v) is 2.87. The van der Waals surface area contributed by atoms with Gasteiger partial charge in [0.15, 0.2) is 0 Å². The molecule has 0 amide bonds. The first-order valence-electron chi connectivity index (χ1n) is 3.68. The van der Waals surface area contributed by atoms with E-state index in [1.54, 1.807) is 0 Å². The highest BCUT2D eigenvalue weighted by molar-refractivity contribution is 4.86. The van der Waals surface area contributed by atoms with Crippen molar-refractivity contribution in [1.29, 1.82) is 0 Å². The molecule has 52 valence electrons. The second kappa shape index (κ2) is 3.02. The van der Waals surface area contributed by atoms with Crippen LogP contribution in [0.1, 0.15) is 13.3 Å². The van der Waals surface area contributed by atoms with E-state index >= 15 is 0 Å². The Labute approximate surface area is 57.1 Å². The van der Waals surface area contributed by atoms with Crippen molar-refractivity contribution in [3.8, 4) is 0 Å². The first-order valence-corrected chi connectivity index (χ1v) is 3.68. The number of hydrogen-bond acceptors (Lipinski definition) is 1. The molecule has 9 heavy (non-hydrogen) atoms. The van der Waals surface area contributed by atoms with E-state index in [1.807, 2.05) is 0 Å². The summed E-state index contributed by atoms with van der Waals surface area (Å²) in [6.07, 6.45) is 3.36. The van der Waals surface area contributed by atoms with Crippen LogP contribution in [0.3, 0.4) is 0 Å². The molecule has 1 aliphatic rings. The van der Waals surface area contributed by atoms with E-state index in [1.165, 1.54) is 13.0 Å². The monoisotopic (exact) mass is 125 g/mol. The van der Waals surface area contributed by atoms with Gasteiger partial charge in [-0.3, -0.25) is 0 Å². The van der Waals surface area contributed by atoms with E-state index < -0.39 is 0 Å². The lowest BCUT2D eigenvalue weighted by Gasteiger charge is -2.26. The summed E-state index contributed by atoms with van der Waals surface area (Å²) in [6, 6.07) is 0. The molecule has 0 unspecified atom stereocenters. The van der Waals surface area contributed by atoms with Gasteiger partial charge >= 0.3 is 0 Å². The maximum absolute atomic E-state index is 3.81. The van der Waals surface area contributed by atoms with Gasteiger partial charge in [-0.05, 0) is 31.3 Å². The predicted molar refractivity (Wildman–Crippen MR) is 40.3 cm³/mol. The van der Waals surface area contributed by atoms with Crippen molar-refractivity contribution >= 4 is 0 Å². The van der Waals surface area contributed by atoms with Gasteiger partial charge in [0.2, 0.25) is 0 Å². The van der Waals surface area contributed by atoms with E-state index in [4.69, 9.17) is 0 Å². The molecule has 0 spiro atoms. The number of allylic oxidation sites excluding steroid dienone is 1. The van der Waals surface area contributed by atoms with Crippen molar-refractivity contribution in [1.82, 2.24) is 5.32 Å². The molecule has 0 aliphatic carbocycles. The first-order chi connectivity index (χ1) is 4.34. The largest absolute Gasteiger partial charge is 0.316 e. The predicted octanol–water partition coefficient (Wildman–Crippen LogP) is 1.42. The molecule has 0 aromatic carbocycles. The fourth-order valence-corrected chi connectivity index (χ4v) is 1.38. The summed E-state index contributed by atoms with van der Waals surface area (Å²) in [5, 5.41) is 3.35. The van der Waals surface area contributed by atoms with Crippen LogP contribution in [0, 0.1) is 11.8 Å². The van der Waals surface area contributed by atoms with E-state index in [2.05, 4.69) is 24.9 Å². The first kappa shape index (κ1) is 6.81. The lowest BCUT2D eigenvalue weighted by atomic mass is 9.88. The van der Waals surface area contributed by atoms with Crippen LogP contribution in [0.5, 0.6) is 0 Å². The van der Waals surface area contributed by atoms with E-state index in [-0.39, 0.29) is 0 Å². The Morgan fingerprint density at radius 1 is 1.67 bits per heavy atom. The summed E-state index contributed by atoms with van der Waals surface area (Å²) in [6.45, 7) is 8.41. The Balaban J connectivity index is 2.38. The SMILES string of the molecule is C=C[C@@H]1CCNC[C@H]1C. The van der Waals surface area contributed by atoms with E-state index in [0.717, 1.165) is 18.4 Å². The van der Waals surface area contributed by atoms with Crippen molar-refractivity contribution in [2.24, 2.45) is 11.8 Å².